The Balaban J connectivity index is 4.26. The molecule has 0 aromatic heterocycles. The number of phosphoric acid groups is 1. The van der Waals surface area contributed by atoms with E-state index in [1.807, 2.05) is 21.1 Å². The smallest absolute Gasteiger partial charge is 0.306 e. The first-order chi connectivity index (χ1) is 23.6. The Morgan fingerprint density at radius 1 is 0.612 bits per heavy atom. The van der Waals surface area contributed by atoms with Gasteiger partial charge in [-0.25, -0.2) is 0 Å². The highest BCUT2D eigenvalue weighted by molar-refractivity contribution is 7.45. The van der Waals surface area contributed by atoms with Crippen LogP contribution in [0, 0.1) is 0 Å². The molecule has 0 heterocycles. The van der Waals surface area contributed by atoms with Crippen LogP contribution >= 0.6 is 7.82 Å². The average Bonchev–Trinajstić information content (AvgIpc) is 3.04. The Labute approximate surface area is 303 Å². The van der Waals surface area contributed by atoms with E-state index in [1.54, 1.807) is 0 Å². The second-order valence-electron chi connectivity index (χ2n) is 15.0. The quantitative estimate of drug-likeness (QED) is 0.0206. The van der Waals surface area contributed by atoms with E-state index in [-0.39, 0.29) is 25.8 Å². The van der Waals surface area contributed by atoms with Gasteiger partial charge in [-0.1, -0.05) is 148 Å². The van der Waals surface area contributed by atoms with E-state index in [4.69, 9.17) is 18.5 Å². The third-order valence-corrected chi connectivity index (χ3v) is 9.78. The molecule has 0 spiro atoms. The van der Waals surface area contributed by atoms with Gasteiger partial charge in [0.2, 0.25) is 0 Å². The molecular weight excluding hydrogens is 637 g/mol. The van der Waals surface area contributed by atoms with Crippen LogP contribution in [0.5, 0.6) is 0 Å². The minimum absolute atomic E-state index is 0.0275. The van der Waals surface area contributed by atoms with Crippen LogP contribution in [0.25, 0.3) is 0 Å². The fourth-order valence-corrected chi connectivity index (χ4v) is 6.33. The van der Waals surface area contributed by atoms with Crippen molar-refractivity contribution in [3.05, 3.63) is 12.2 Å². The van der Waals surface area contributed by atoms with Crippen molar-refractivity contribution in [2.75, 3.05) is 54.1 Å². The zero-order valence-corrected chi connectivity index (χ0v) is 33.8. The summed E-state index contributed by atoms with van der Waals surface area (Å²) >= 11 is 0. The molecule has 49 heavy (non-hydrogen) atoms. The van der Waals surface area contributed by atoms with Gasteiger partial charge >= 0.3 is 5.97 Å². The zero-order valence-electron chi connectivity index (χ0n) is 32.9. The third kappa shape index (κ3) is 38.3. The summed E-state index contributed by atoms with van der Waals surface area (Å²) in [6.07, 6.45) is 35.0. The Bertz CT molecular complexity index is 802. The molecule has 1 unspecified atom stereocenters. The maximum absolute atomic E-state index is 12.6. The standard InChI is InChI=1S/C40H80NO7P/c1-6-8-10-12-14-16-18-20-22-24-26-28-30-32-35-45-37-39(38-47-49(43,44)46-36-34-41(3,4)5)48-40(42)33-31-29-27-25-23-21-19-17-15-13-11-9-7-2/h17,19,39H,6-16,18,20-38H2,1-5H3/b19-17-/t39-/m1/s1. The molecule has 0 rings (SSSR count). The molecule has 0 aliphatic heterocycles. The number of carbonyl (C=O) groups is 1. The zero-order chi connectivity index (χ0) is 36.3. The summed E-state index contributed by atoms with van der Waals surface area (Å²) in [5.74, 6) is -0.341. The number of hydrogen-bond donors (Lipinski definition) is 0. The van der Waals surface area contributed by atoms with Crippen molar-refractivity contribution in [1.82, 2.24) is 0 Å². The van der Waals surface area contributed by atoms with Gasteiger partial charge in [0, 0.05) is 13.0 Å². The van der Waals surface area contributed by atoms with Crippen LogP contribution in [0.1, 0.15) is 181 Å². The molecule has 0 amide bonds. The summed E-state index contributed by atoms with van der Waals surface area (Å²) in [5.41, 5.74) is 0. The van der Waals surface area contributed by atoms with Gasteiger partial charge in [0.1, 0.15) is 19.3 Å². The van der Waals surface area contributed by atoms with Gasteiger partial charge in [-0.3, -0.25) is 9.36 Å². The lowest BCUT2D eigenvalue weighted by atomic mass is 10.0. The van der Waals surface area contributed by atoms with Crippen molar-refractivity contribution in [1.29, 1.82) is 0 Å². The van der Waals surface area contributed by atoms with E-state index in [0.29, 0.717) is 24.1 Å². The summed E-state index contributed by atoms with van der Waals surface area (Å²) in [7, 11) is 1.36. The van der Waals surface area contributed by atoms with Crippen molar-refractivity contribution >= 4 is 13.8 Å². The van der Waals surface area contributed by atoms with E-state index in [0.717, 1.165) is 44.9 Å². The predicted molar refractivity (Wildman–Crippen MR) is 204 cm³/mol. The molecule has 8 nitrogen and oxygen atoms in total. The van der Waals surface area contributed by atoms with Gasteiger partial charge in [-0.15, -0.1) is 0 Å². The first-order valence-electron chi connectivity index (χ1n) is 20.4. The topological polar surface area (TPSA) is 94.1 Å². The lowest BCUT2D eigenvalue weighted by Crippen LogP contribution is -2.37. The van der Waals surface area contributed by atoms with Gasteiger partial charge in [0.15, 0.2) is 0 Å². The second kappa shape index (κ2) is 34.3. The Kier molecular flexibility index (Phi) is 33.8. The molecule has 0 saturated heterocycles. The van der Waals surface area contributed by atoms with Gasteiger partial charge < -0.3 is 27.9 Å². The molecule has 0 saturated carbocycles. The Hall–Kier alpha value is -0.760. The molecule has 2 atom stereocenters. The molecule has 0 bridgehead atoms. The third-order valence-electron chi connectivity index (χ3n) is 8.82. The second-order valence-corrected chi connectivity index (χ2v) is 16.4. The number of ether oxygens (including phenoxy) is 2. The summed E-state index contributed by atoms with van der Waals surface area (Å²) in [4.78, 5) is 24.9. The maximum Gasteiger partial charge on any atom is 0.306 e. The van der Waals surface area contributed by atoms with Gasteiger partial charge in [0.25, 0.3) is 7.82 Å². The van der Waals surface area contributed by atoms with Crippen LogP contribution < -0.4 is 4.89 Å². The van der Waals surface area contributed by atoms with Crippen molar-refractivity contribution in [3.63, 3.8) is 0 Å². The van der Waals surface area contributed by atoms with Crippen LogP contribution in [0.2, 0.25) is 0 Å². The number of allylic oxidation sites excluding steroid dienone is 2. The fraction of sp³-hybridized carbons (Fsp3) is 0.925. The highest BCUT2D eigenvalue weighted by Crippen LogP contribution is 2.38. The van der Waals surface area contributed by atoms with Crippen LogP contribution in [0.15, 0.2) is 12.2 Å². The van der Waals surface area contributed by atoms with E-state index in [2.05, 4.69) is 26.0 Å². The predicted octanol–water partition coefficient (Wildman–Crippen LogP) is 10.9. The lowest BCUT2D eigenvalue weighted by Gasteiger charge is -2.28. The van der Waals surface area contributed by atoms with Crippen molar-refractivity contribution in [2.24, 2.45) is 0 Å². The largest absolute Gasteiger partial charge is 0.756 e. The summed E-state index contributed by atoms with van der Waals surface area (Å²) in [6, 6.07) is 0. The van der Waals surface area contributed by atoms with Crippen molar-refractivity contribution in [3.8, 4) is 0 Å². The van der Waals surface area contributed by atoms with E-state index >= 15 is 0 Å². The number of quaternary nitrogens is 1. The summed E-state index contributed by atoms with van der Waals surface area (Å²) < 4.78 is 34.5. The highest BCUT2D eigenvalue weighted by atomic mass is 31.2. The van der Waals surface area contributed by atoms with E-state index in [9.17, 15) is 14.3 Å². The van der Waals surface area contributed by atoms with Gasteiger partial charge in [0.05, 0.1) is 34.4 Å². The Morgan fingerprint density at radius 2 is 1.06 bits per heavy atom. The molecule has 0 radical (unpaired) electrons. The van der Waals surface area contributed by atoms with Crippen molar-refractivity contribution in [2.45, 2.75) is 187 Å². The Morgan fingerprint density at radius 3 is 1.57 bits per heavy atom. The number of phosphoric ester groups is 1. The summed E-state index contributed by atoms with van der Waals surface area (Å²) in [5, 5.41) is 0. The molecule has 0 fully saturated rings. The number of likely N-dealkylation sites (N-methyl/N-ethyl adjacent to an activating group) is 1. The summed E-state index contributed by atoms with van der Waals surface area (Å²) in [6.45, 7) is 5.41. The van der Waals surface area contributed by atoms with Crippen molar-refractivity contribution < 1.29 is 37.3 Å². The monoisotopic (exact) mass is 718 g/mol. The number of unbranched alkanes of at least 4 members (excludes halogenated alkanes) is 22. The minimum atomic E-state index is -4.51. The van der Waals surface area contributed by atoms with Crippen LogP contribution in [0.3, 0.4) is 0 Å². The molecule has 0 aliphatic carbocycles. The molecule has 0 aromatic rings. The first-order valence-corrected chi connectivity index (χ1v) is 21.9. The maximum atomic E-state index is 12.6. The number of carbonyl (C=O) groups excluding carboxylic acids is 1. The van der Waals surface area contributed by atoms with Crippen LogP contribution in [-0.4, -0.2) is 70.7 Å². The molecule has 292 valence electrons. The molecule has 9 heteroatoms. The highest BCUT2D eigenvalue weighted by Gasteiger charge is 2.20. The lowest BCUT2D eigenvalue weighted by molar-refractivity contribution is -0.870. The van der Waals surface area contributed by atoms with E-state index in [1.165, 1.54) is 116 Å². The average molecular weight is 718 g/mol. The number of esters is 1. The van der Waals surface area contributed by atoms with E-state index < -0.39 is 13.9 Å². The fourth-order valence-electron chi connectivity index (χ4n) is 5.60. The molecule has 0 aromatic carbocycles. The molecule has 0 aliphatic rings. The number of rotatable bonds is 38. The van der Waals surface area contributed by atoms with Crippen LogP contribution in [0.4, 0.5) is 0 Å². The van der Waals surface area contributed by atoms with Crippen LogP contribution in [-0.2, 0) is 27.9 Å². The van der Waals surface area contributed by atoms with Gasteiger partial charge in [-0.2, -0.15) is 0 Å². The SMILES string of the molecule is CCCCCC/C=C\CCCCCCCC(=O)O[C@H](COCCCCCCCCCCCCCCCC)COP(=O)([O-])OCC[N+](C)(C)C. The minimum Gasteiger partial charge on any atom is -0.756 e. The van der Waals surface area contributed by atoms with Gasteiger partial charge in [-0.05, 0) is 38.5 Å². The number of nitrogens with zero attached hydrogens (tertiary/aromatic N) is 1. The first kappa shape index (κ1) is 48.2. The molecule has 0 N–H and O–H groups in total. The normalized spacial score (nSPS) is 14.0. The molecular formula is C40H80NO7P. The number of hydrogen-bond acceptors (Lipinski definition) is 7.